The van der Waals surface area contributed by atoms with Crippen molar-refractivity contribution in [3.63, 3.8) is 0 Å². The van der Waals surface area contributed by atoms with Gasteiger partial charge in [-0.3, -0.25) is 4.98 Å². The molecule has 0 fully saturated rings. The summed E-state index contributed by atoms with van der Waals surface area (Å²) in [4.78, 5) is 6.71. The predicted molar refractivity (Wildman–Crippen MR) is 72.1 cm³/mol. The molecule has 1 aromatic heterocycles. The normalized spacial score (nSPS) is 12.4. The number of pyridine rings is 1. The second-order valence-electron chi connectivity index (χ2n) is 4.12. The lowest BCUT2D eigenvalue weighted by Crippen LogP contribution is -2.06. The fraction of sp³-hybridized carbons (Fsp3) is 0.214. The molecule has 0 aliphatic heterocycles. The summed E-state index contributed by atoms with van der Waals surface area (Å²) in [5, 5.41) is 0. The molecule has 1 heterocycles. The molecule has 2 aromatic rings. The van der Waals surface area contributed by atoms with Crippen LogP contribution in [0.5, 0.6) is 0 Å². The highest BCUT2D eigenvalue weighted by Gasteiger charge is 2.02. The first-order valence-corrected chi connectivity index (χ1v) is 6.43. The van der Waals surface area contributed by atoms with E-state index in [1.165, 1.54) is 10.5 Å². The fourth-order valence-corrected chi connectivity index (χ4v) is 2.25. The summed E-state index contributed by atoms with van der Waals surface area (Å²) in [6, 6.07) is 12.5. The Balaban J connectivity index is 2.11. The van der Waals surface area contributed by atoms with Crippen LogP contribution in [0, 0.1) is 6.92 Å². The average Bonchev–Trinajstić information content (AvgIpc) is 2.33. The fourth-order valence-electron chi connectivity index (χ4n) is 1.46. The van der Waals surface area contributed by atoms with E-state index in [2.05, 4.69) is 42.2 Å². The molecule has 0 aliphatic rings. The number of aromatic nitrogens is 1. The van der Waals surface area contributed by atoms with Crippen LogP contribution in [-0.4, -0.2) is 4.98 Å². The van der Waals surface area contributed by atoms with Gasteiger partial charge in [-0.25, -0.2) is 0 Å². The monoisotopic (exact) mass is 244 g/mol. The summed E-state index contributed by atoms with van der Waals surface area (Å²) in [6.07, 6.45) is 1.88. The minimum absolute atomic E-state index is 0.00609. The van der Waals surface area contributed by atoms with Crippen LogP contribution in [0.4, 0.5) is 0 Å². The first-order chi connectivity index (χ1) is 8.15. The lowest BCUT2D eigenvalue weighted by Gasteiger charge is -2.06. The molecule has 17 heavy (non-hydrogen) atoms. The van der Waals surface area contributed by atoms with E-state index in [9.17, 15) is 0 Å². The van der Waals surface area contributed by atoms with Gasteiger partial charge in [-0.05, 0) is 38.1 Å². The number of hydrogen-bond acceptors (Lipinski definition) is 3. The Bertz CT molecular complexity index is 475. The van der Waals surface area contributed by atoms with E-state index >= 15 is 0 Å². The van der Waals surface area contributed by atoms with Gasteiger partial charge in [0.2, 0.25) is 0 Å². The van der Waals surface area contributed by atoms with Gasteiger partial charge in [-0.2, -0.15) is 0 Å². The van der Waals surface area contributed by atoms with Gasteiger partial charge >= 0.3 is 0 Å². The molecule has 0 radical (unpaired) electrons. The van der Waals surface area contributed by atoms with Gasteiger partial charge < -0.3 is 5.73 Å². The Labute approximate surface area is 106 Å². The SMILES string of the molecule is Cc1ccc(Sc2ccc([C@@H](C)N)nc2)cc1. The Morgan fingerprint density at radius 2 is 1.71 bits per heavy atom. The molecule has 0 unspecified atom stereocenters. The molecule has 0 spiro atoms. The average molecular weight is 244 g/mol. The molecule has 1 atom stereocenters. The summed E-state index contributed by atoms with van der Waals surface area (Å²) in [5.74, 6) is 0. The molecule has 88 valence electrons. The first-order valence-electron chi connectivity index (χ1n) is 5.61. The smallest absolute Gasteiger partial charge is 0.0569 e. The Morgan fingerprint density at radius 1 is 1.06 bits per heavy atom. The van der Waals surface area contributed by atoms with Crippen molar-refractivity contribution in [3.8, 4) is 0 Å². The Morgan fingerprint density at radius 3 is 2.24 bits per heavy atom. The molecular weight excluding hydrogens is 228 g/mol. The maximum atomic E-state index is 5.76. The van der Waals surface area contributed by atoms with Crippen LogP contribution in [0.3, 0.4) is 0 Å². The summed E-state index contributed by atoms with van der Waals surface area (Å²) in [6.45, 7) is 4.03. The third-order valence-electron chi connectivity index (χ3n) is 2.48. The number of benzene rings is 1. The summed E-state index contributed by atoms with van der Waals surface area (Å²) < 4.78 is 0. The van der Waals surface area contributed by atoms with Crippen molar-refractivity contribution in [1.29, 1.82) is 0 Å². The van der Waals surface area contributed by atoms with Crippen molar-refractivity contribution in [2.24, 2.45) is 5.73 Å². The Hall–Kier alpha value is -1.32. The van der Waals surface area contributed by atoms with Crippen molar-refractivity contribution in [1.82, 2.24) is 4.98 Å². The van der Waals surface area contributed by atoms with Crippen LogP contribution < -0.4 is 5.73 Å². The van der Waals surface area contributed by atoms with Crippen molar-refractivity contribution >= 4 is 11.8 Å². The minimum atomic E-state index is -0.00609. The molecule has 1 aromatic carbocycles. The van der Waals surface area contributed by atoms with Crippen LogP contribution in [-0.2, 0) is 0 Å². The van der Waals surface area contributed by atoms with E-state index < -0.39 is 0 Å². The van der Waals surface area contributed by atoms with Gasteiger partial charge in [-0.1, -0.05) is 29.5 Å². The second-order valence-corrected chi connectivity index (χ2v) is 5.27. The van der Waals surface area contributed by atoms with Crippen LogP contribution in [0.25, 0.3) is 0 Å². The van der Waals surface area contributed by atoms with Gasteiger partial charge in [0, 0.05) is 22.0 Å². The summed E-state index contributed by atoms with van der Waals surface area (Å²) in [5.41, 5.74) is 7.97. The third-order valence-corrected chi connectivity index (χ3v) is 3.47. The van der Waals surface area contributed by atoms with Gasteiger partial charge in [0.05, 0.1) is 5.69 Å². The van der Waals surface area contributed by atoms with E-state index in [4.69, 9.17) is 5.73 Å². The number of nitrogens with two attached hydrogens (primary N) is 1. The van der Waals surface area contributed by atoms with Gasteiger partial charge in [0.15, 0.2) is 0 Å². The second kappa shape index (κ2) is 5.34. The number of hydrogen-bond donors (Lipinski definition) is 1. The molecule has 0 amide bonds. The summed E-state index contributed by atoms with van der Waals surface area (Å²) in [7, 11) is 0. The molecule has 0 saturated carbocycles. The summed E-state index contributed by atoms with van der Waals surface area (Å²) >= 11 is 1.71. The maximum absolute atomic E-state index is 5.76. The van der Waals surface area contributed by atoms with Gasteiger partial charge in [-0.15, -0.1) is 0 Å². The van der Waals surface area contributed by atoms with Crippen LogP contribution >= 0.6 is 11.8 Å². The third kappa shape index (κ3) is 3.32. The van der Waals surface area contributed by atoms with E-state index in [0.29, 0.717) is 0 Å². The number of aryl methyl sites for hydroxylation is 1. The van der Waals surface area contributed by atoms with Crippen molar-refractivity contribution in [3.05, 3.63) is 53.9 Å². The molecule has 2 rings (SSSR count). The zero-order chi connectivity index (χ0) is 12.3. The molecule has 3 heteroatoms. The minimum Gasteiger partial charge on any atom is -0.323 e. The van der Waals surface area contributed by atoms with E-state index in [1.807, 2.05) is 19.2 Å². The lowest BCUT2D eigenvalue weighted by atomic mass is 10.2. The maximum Gasteiger partial charge on any atom is 0.0569 e. The zero-order valence-electron chi connectivity index (χ0n) is 10.1. The van der Waals surface area contributed by atoms with Crippen molar-refractivity contribution in [2.45, 2.75) is 29.7 Å². The lowest BCUT2D eigenvalue weighted by molar-refractivity contribution is 0.777. The highest BCUT2D eigenvalue weighted by molar-refractivity contribution is 7.99. The predicted octanol–water partition coefficient (Wildman–Crippen LogP) is 3.56. The zero-order valence-corrected chi connectivity index (χ0v) is 10.9. The van der Waals surface area contributed by atoms with Crippen molar-refractivity contribution < 1.29 is 0 Å². The van der Waals surface area contributed by atoms with Gasteiger partial charge in [0.25, 0.3) is 0 Å². The highest BCUT2D eigenvalue weighted by atomic mass is 32.2. The van der Waals surface area contributed by atoms with Gasteiger partial charge in [0.1, 0.15) is 0 Å². The standard InChI is InChI=1S/C14H16N2S/c1-10-3-5-12(6-4-10)17-13-7-8-14(11(2)15)16-9-13/h3-9,11H,15H2,1-2H3/t11-/m1/s1. The van der Waals surface area contributed by atoms with Crippen LogP contribution in [0.15, 0.2) is 52.4 Å². The van der Waals surface area contributed by atoms with E-state index in [1.54, 1.807) is 11.8 Å². The topological polar surface area (TPSA) is 38.9 Å². The molecule has 0 bridgehead atoms. The molecular formula is C14H16N2S. The quantitative estimate of drug-likeness (QED) is 0.897. The number of nitrogens with zero attached hydrogens (tertiary/aromatic N) is 1. The molecule has 2 nitrogen and oxygen atoms in total. The van der Waals surface area contributed by atoms with Crippen molar-refractivity contribution in [2.75, 3.05) is 0 Å². The Kier molecular flexibility index (Phi) is 3.82. The van der Waals surface area contributed by atoms with E-state index in [-0.39, 0.29) is 6.04 Å². The molecule has 0 aliphatic carbocycles. The largest absolute Gasteiger partial charge is 0.323 e. The van der Waals surface area contributed by atoms with E-state index in [0.717, 1.165) is 10.6 Å². The highest BCUT2D eigenvalue weighted by Crippen LogP contribution is 2.27. The first kappa shape index (κ1) is 12.1. The number of rotatable bonds is 3. The van der Waals surface area contributed by atoms with Crippen LogP contribution in [0.1, 0.15) is 24.2 Å². The molecule has 2 N–H and O–H groups in total. The van der Waals surface area contributed by atoms with Crippen LogP contribution in [0.2, 0.25) is 0 Å². The molecule has 0 saturated heterocycles.